The van der Waals surface area contributed by atoms with Crippen molar-refractivity contribution in [2.75, 3.05) is 0 Å². The van der Waals surface area contributed by atoms with Crippen LogP contribution in [0.4, 0.5) is 4.79 Å². The van der Waals surface area contributed by atoms with Crippen LogP contribution in [0.5, 0.6) is 0 Å². The average molecular weight is 268 g/mol. The molecule has 2 saturated carbocycles. The molecule has 0 bridgehead atoms. The Morgan fingerprint density at radius 1 is 1.11 bits per heavy atom. The highest BCUT2D eigenvalue weighted by molar-refractivity contribution is 5.75. The fraction of sp³-hybridized carbons (Fsp3) is 0.857. The Labute approximate surface area is 114 Å². The maximum atomic E-state index is 12.2. The lowest BCUT2D eigenvalue weighted by atomic mass is 9.86. The normalized spacial score (nSPS) is 27.1. The van der Waals surface area contributed by atoms with Gasteiger partial charge in [-0.25, -0.2) is 4.79 Å². The molecule has 0 radical (unpaired) electrons. The highest BCUT2D eigenvalue weighted by Gasteiger charge is 2.35. The fourth-order valence-corrected chi connectivity index (χ4v) is 2.91. The van der Waals surface area contributed by atoms with Crippen molar-refractivity contribution in [1.82, 2.24) is 10.2 Å². The topological polar surface area (TPSA) is 69.6 Å². The second-order valence-corrected chi connectivity index (χ2v) is 6.07. The summed E-state index contributed by atoms with van der Waals surface area (Å²) in [5.74, 6) is -0.927. The predicted octanol–water partition coefficient (Wildman–Crippen LogP) is 2.21. The summed E-state index contributed by atoms with van der Waals surface area (Å²) in [6, 6.07) is 0.803. The van der Waals surface area contributed by atoms with E-state index in [0.717, 1.165) is 25.7 Å². The standard InChI is InChI=1S/C14H24N2O3/c1-9(2)16(12-7-8-12)14(19)15-11-5-3-10(4-6-11)13(17)18/h9-12H,3-8H2,1-2H3,(H,15,19)(H,17,18). The molecule has 0 aromatic heterocycles. The lowest BCUT2D eigenvalue weighted by Crippen LogP contribution is -2.49. The van der Waals surface area contributed by atoms with Crippen LogP contribution in [-0.2, 0) is 4.79 Å². The van der Waals surface area contributed by atoms with Gasteiger partial charge in [-0.2, -0.15) is 0 Å². The van der Waals surface area contributed by atoms with Gasteiger partial charge in [0.05, 0.1) is 5.92 Å². The number of carboxylic acid groups (broad SMARTS) is 1. The quantitative estimate of drug-likeness (QED) is 0.821. The SMILES string of the molecule is CC(C)N(C(=O)NC1CCC(C(=O)O)CC1)C1CC1. The number of urea groups is 1. The van der Waals surface area contributed by atoms with Crippen LogP contribution in [0, 0.1) is 5.92 Å². The molecule has 108 valence electrons. The van der Waals surface area contributed by atoms with Gasteiger partial charge in [0.2, 0.25) is 0 Å². The molecule has 2 N–H and O–H groups in total. The monoisotopic (exact) mass is 268 g/mol. The molecule has 0 aliphatic heterocycles. The Kier molecular flexibility index (Phi) is 4.32. The summed E-state index contributed by atoms with van der Waals surface area (Å²) in [6.07, 6.45) is 5.12. The minimum Gasteiger partial charge on any atom is -0.481 e. The molecular weight excluding hydrogens is 244 g/mol. The molecule has 19 heavy (non-hydrogen) atoms. The predicted molar refractivity (Wildman–Crippen MR) is 71.9 cm³/mol. The number of hydrogen-bond acceptors (Lipinski definition) is 2. The third-order valence-corrected chi connectivity index (χ3v) is 4.14. The summed E-state index contributed by atoms with van der Waals surface area (Å²) in [5.41, 5.74) is 0. The van der Waals surface area contributed by atoms with Crippen molar-refractivity contribution in [3.8, 4) is 0 Å². The Balaban J connectivity index is 1.81. The Bertz CT molecular complexity index is 343. The number of amides is 2. The van der Waals surface area contributed by atoms with Gasteiger partial charge in [0.1, 0.15) is 0 Å². The van der Waals surface area contributed by atoms with Gasteiger partial charge in [-0.15, -0.1) is 0 Å². The van der Waals surface area contributed by atoms with Gasteiger partial charge < -0.3 is 15.3 Å². The van der Waals surface area contributed by atoms with E-state index in [1.165, 1.54) is 0 Å². The first kappa shape index (κ1) is 14.2. The zero-order valence-electron chi connectivity index (χ0n) is 11.8. The van der Waals surface area contributed by atoms with Crippen LogP contribution in [0.15, 0.2) is 0 Å². The summed E-state index contributed by atoms with van der Waals surface area (Å²) >= 11 is 0. The minimum atomic E-state index is -0.702. The van der Waals surface area contributed by atoms with Crippen LogP contribution in [0.3, 0.4) is 0 Å². The molecule has 2 fully saturated rings. The van der Waals surface area contributed by atoms with Crippen molar-refractivity contribution < 1.29 is 14.7 Å². The smallest absolute Gasteiger partial charge is 0.318 e. The molecule has 0 atom stereocenters. The van der Waals surface area contributed by atoms with Crippen LogP contribution >= 0.6 is 0 Å². The van der Waals surface area contributed by atoms with Gasteiger partial charge in [0.25, 0.3) is 0 Å². The van der Waals surface area contributed by atoms with Crippen molar-refractivity contribution in [3.63, 3.8) is 0 Å². The molecule has 0 aromatic carbocycles. The number of rotatable bonds is 4. The van der Waals surface area contributed by atoms with Crippen molar-refractivity contribution in [2.24, 2.45) is 5.92 Å². The number of nitrogens with zero attached hydrogens (tertiary/aromatic N) is 1. The third-order valence-electron chi connectivity index (χ3n) is 4.14. The van der Waals surface area contributed by atoms with Gasteiger partial charge in [-0.05, 0) is 52.4 Å². The van der Waals surface area contributed by atoms with Crippen molar-refractivity contribution in [3.05, 3.63) is 0 Å². The van der Waals surface area contributed by atoms with Gasteiger partial charge in [-0.1, -0.05) is 0 Å². The molecule has 2 aliphatic rings. The maximum absolute atomic E-state index is 12.2. The first-order valence-corrected chi connectivity index (χ1v) is 7.30. The van der Waals surface area contributed by atoms with Gasteiger partial charge >= 0.3 is 12.0 Å². The summed E-state index contributed by atoms with van der Waals surface area (Å²) in [7, 11) is 0. The molecule has 5 heteroatoms. The third kappa shape index (κ3) is 3.61. The van der Waals surface area contributed by atoms with Gasteiger partial charge in [0, 0.05) is 18.1 Å². The second kappa shape index (κ2) is 5.80. The van der Waals surface area contributed by atoms with Gasteiger partial charge in [-0.3, -0.25) is 4.79 Å². The van der Waals surface area contributed by atoms with E-state index in [-0.39, 0.29) is 24.0 Å². The highest BCUT2D eigenvalue weighted by Crippen LogP contribution is 2.29. The summed E-state index contributed by atoms with van der Waals surface area (Å²) < 4.78 is 0. The van der Waals surface area contributed by atoms with Crippen LogP contribution in [-0.4, -0.2) is 40.1 Å². The Morgan fingerprint density at radius 2 is 1.68 bits per heavy atom. The molecular formula is C14H24N2O3. The summed E-state index contributed by atoms with van der Waals surface area (Å²) in [6.45, 7) is 4.08. The minimum absolute atomic E-state index is 0.0243. The number of aliphatic carboxylic acids is 1. The molecule has 0 spiro atoms. The fourth-order valence-electron chi connectivity index (χ4n) is 2.91. The van der Waals surface area contributed by atoms with Crippen LogP contribution in [0.1, 0.15) is 52.4 Å². The van der Waals surface area contributed by atoms with Crippen LogP contribution < -0.4 is 5.32 Å². The lowest BCUT2D eigenvalue weighted by molar-refractivity contribution is -0.142. The molecule has 5 nitrogen and oxygen atoms in total. The zero-order chi connectivity index (χ0) is 14.0. The number of carbonyl (C=O) groups excluding carboxylic acids is 1. The molecule has 2 rings (SSSR count). The molecule has 0 heterocycles. The largest absolute Gasteiger partial charge is 0.481 e. The van der Waals surface area contributed by atoms with Crippen LogP contribution in [0.25, 0.3) is 0 Å². The lowest BCUT2D eigenvalue weighted by Gasteiger charge is -2.32. The zero-order valence-corrected chi connectivity index (χ0v) is 11.8. The Hall–Kier alpha value is -1.26. The number of hydrogen-bond donors (Lipinski definition) is 2. The molecule has 0 saturated heterocycles. The Morgan fingerprint density at radius 3 is 2.11 bits per heavy atom. The van der Waals surface area contributed by atoms with E-state index in [2.05, 4.69) is 5.32 Å². The second-order valence-electron chi connectivity index (χ2n) is 6.07. The number of carbonyl (C=O) groups is 2. The van der Waals surface area contributed by atoms with Crippen molar-refractivity contribution >= 4 is 12.0 Å². The summed E-state index contributed by atoms with van der Waals surface area (Å²) in [4.78, 5) is 25.1. The van der Waals surface area contributed by atoms with E-state index in [4.69, 9.17) is 5.11 Å². The molecule has 2 amide bonds. The number of nitrogens with one attached hydrogen (secondary N) is 1. The first-order chi connectivity index (χ1) is 8.99. The van der Waals surface area contributed by atoms with E-state index in [0.29, 0.717) is 18.9 Å². The van der Waals surface area contributed by atoms with E-state index in [9.17, 15) is 9.59 Å². The summed E-state index contributed by atoms with van der Waals surface area (Å²) in [5, 5.41) is 12.0. The van der Waals surface area contributed by atoms with Crippen molar-refractivity contribution in [1.29, 1.82) is 0 Å². The average Bonchev–Trinajstić information content (AvgIpc) is 3.13. The molecule has 0 aromatic rings. The maximum Gasteiger partial charge on any atom is 0.318 e. The van der Waals surface area contributed by atoms with Gasteiger partial charge in [0.15, 0.2) is 0 Å². The first-order valence-electron chi connectivity index (χ1n) is 7.30. The highest BCUT2D eigenvalue weighted by atomic mass is 16.4. The molecule has 0 unspecified atom stereocenters. The molecule has 2 aliphatic carbocycles. The van der Waals surface area contributed by atoms with E-state index in [1.54, 1.807) is 0 Å². The van der Waals surface area contributed by atoms with E-state index >= 15 is 0 Å². The van der Waals surface area contributed by atoms with Crippen LogP contribution in [0.2, 0.25) is 0 Å². The van der Waals surface area contributed by atoms with E-state index < -0.39 is 5.97 Å². The number of carboxylic acids is 1. The van der Waals surface area contributed by atoms with Crippen molar-refractivity contribution in [2.45, 2.75) is 70.5 Å². The van der Waals surface area contributed by atoms with E-state index in [1.807, 2.05) is 18.7 Å².